The maximum Gasteiger partial charge on any atom is 0.410 e. The molecule has 2 bridgehead atoms. The van der Waals surface area contributed by atoms with E-state index in [0.29, 0.717) is 25.3 Å². The largest absolute Gasteiger partial charge is 0.481 e. The third-order valence-corrected chi connectivity index (χ3v) is 7.46. The van der Waals surface area contributed by atoms with Crippen LogP contribution in [0.15, 0.2) is 42.5 Å². The lowest BCUT2D eigenvalue weighted by molar-refractivity contribution is -0.0300. The minimum absolute atomic E-state index is 0.118. The highest BCUT2D eigenvalue weighted by atomic mass is 19.1. The minimum atomic E-state index is -0.339. The summed E-state index contributed by atoms with van der Waals surface area (Å²) in [6.45, 7) is 4.48. The third kappa shape index (κ3) is 4.43. The van der Waals surface area contributed by atoms with E-state index >= 15 is 0 Å². The number of rotatable bonds is 5. The molecule has 3 saturated heterocycles. The molecular formula is C27H29FN2O3. The van der Waals surface area contributed by atoms with Crippen molar-refractivity contribution in [3.05, 3.63) is 65.0 Å². The van der Waals surface area contributed by atoms with Crippen LogP contribution in [0, 0.1) is 23.6 Å². The summed E-state index contributed by atoms with van der Waals surface area (Å²) in [4.78, 5) is 17.6. The number of benzene rings is 2. The molecule has 172 valence electrons. The number of carbonyl (C=O) groups is 1. The maximum absolute atomic E-state index is 13.6. The number of carbonyl (C=O) groups excluding carboxylic acids is 1. The van der Waals surface area contributed by atoms with Crippen LogP contribution in [0.2, 0.25) is 0 Å². The number of ether oxygens (including phenoxy) is 2. The van der Waals surface area contributed by atoms with Gasteiger partial charge in [-0.2, -0.15) is 0 Å². The van der Waals surface area contributed by atoms with Crippen LogP contribution in [0.4, 0.5) is 9.18 Å². The molecule has 4 aliphatic rings. The van der Waals surface area contributed by atoms with Crippen molar-refractivity contribution >= 4 is 6.09 Å². The highest BCUT2D eigenvalue weighted by molar-refractivity contribution is 5.70. The zero-order valence-corrected chi connectivity index (χ0v) is 18.8. The molecule has 6 rings (SSSR count). The van der Waals surface area contributed by atoms with Gasteiger partial charge in [0.2, 0.25) is 0 Å². The second-order valence-corrected chi connectivity index (χ2v) is 9.40. The van der Waals surface area contributed by atoms with Crippen LogP contribution in [0.25, 0.3) is 0 Å². The predicted octanol–water partition coefficient (Wildman–Crippen LogP) is 4.41. The Bertz CT molecular complexity index is 1040. The lowest BCUT2D eigenvalue weighted by atomic mass is 9.73. The molecule has 4 aliphatic heterocycles. The van der Waals surface area contributed by atoms with Crippen molar-refractivity contribution in [2.75, 3.05) is 39.4 Å². The van der Waals surface area contributed by atoms with E-state index in [1.54, 1.807) is 17.0 Å². The fraction of sp³-hybridized carbons (Fsp3) is 0.444. The average Bonchev–Trinajstić information content (AvgIpc) is 2.87. The van der Waals surface area contributed by atoms with Gasteiger partial charge in [-0.1, -0.05) is 24.1 Å². The number of terminal acetylenes is 1. The quantitative estimate of drug-likeness (QED) is 0.636. The second-order valence-electron chi connectivity index (χ2n) is 9.40. The standard InChI is InChI=1S/C27H29FN2O3/c1-2-17-32-23-7-8-24-21(18-23)9-13-30(25(24)20-3-5-22(28)6-4-20)26(31)33-19-27-10-14-29(15-11-27)16-12-27/h1,3-8,18,25H,9-17,19H2/t25-/m0/s1. The topological polar surface area (TPSA) is 42.0 Å². The summed E-state index contributed by atoms with van der Waals surface area (Å²) in [6.07, 6.45) is 8.97. The highest BCUT2D eigenvalue weighted by Crippen LogP contribution is 2.41. The van der Waals surface area contributed by atoms with Gasteiger partial charge in [-0.15, -0.1) is 6.42 Å². The van der Waals surface area contributed by atoms with E-state index in [9.17, 15) is 9.18 Å². The van der Waals surface area contributed by atoms with Crippen LogP contribution in [0.1, 0.15) is 42.0 Å². The molecule has 0 spiro atoms. The molecule has 3 fully saturated rings. The molecule has 0 aliphatic carbocycles. The second kappa shape index (κ2) is 9.07. The van der Waals surface area contributed by atoms with Gasteiger partial charge in [0.1, 0.15) is 18.2 Å². The lowest BCUT2D eigenvalue weighted by Gasteiger charge is -2.48. The fourth-order valence-corrected chi connectivity index (χ4v) is 5.43. The van der Waals surface area contributed by atoms with Crippen molar-refractivity contribution in [1.29, 1.82) is 0 Å². The van der Waals surface area contributed by atoms with Crippen molar-refractivity contribution in [2.45, 2.75) is 31.7 Å². The molecule has 0 aromatic heterocycles. The van der Waals surface area contributed by atoms with Gasteiger partial charge in [0.15, 0.2) is 0 Å². The van der Waals surface area contributed by atoms with Crippen LogP contribution < -0.4 is 4.74 Å². The summed E-state index contributed by atoms with van der Waals surface area (Å²) in [7, 11) is 0. The zero-order chi connectivity index (χ0) is 22.8. The van der Waals surface area contributed by atoms with Crippen LogP contribution in [0.3, 0.4) is 0 Å². The summed E-state index contributed by atoms with van der Waals surface area (Å²) in [6, 6.07) is 11.9. The summed E-state index contributed by atoms with van der Waals surface area (Å²) >= 11 is 0. The Labute approximate surface area is 194 Å². The molecule has 0 N–H and O–H groups in total. The minimum Gasteiger partial charge on any atom is -0.481 e. The normalized spacial score (nSPS) is 25.8. The molecule has 4 heterocycles. The van der Waals surface area contributed by atoms with Crippen LogP contribution in [0.5, 0.6) is 5.75 Å². The van der Waals surface area contributed by atoms with Gasteiger partial charge in [-0.05, 0) is 86.3 Å². The summed E-state index contributed by atoms with van der Waals surface area (Å²) < 4.78 is 25.2. The first kappa shape index (κ1) is 21.8. The number of nitrogens with zero attached hydrogens (tertiary/aromatic N) is 2. The zero-order valence-electron chi connectivity index (χ0n) is 18.8. The van der Waals surface area contributed by atoms with E-state index in [0.717, 1.165) is 55.6 Å². The SMILES string of the molecule is C#CCOc1ccc2c(c1)CCN(C(=O)OCC13CCN(CC1)CC3)[C@H]2c1ccc(F)cc1. The first-order chi connectivity index (χ1) is 16.1. The van der Waals surface area contributed by atoms with Crippen molar-refractivity contribution in [3.63, 3.8) is 0 Å². The molecule has 6 heteroatoms. The first-order valence-electron chi connectivity index (χ1n) is 11.7. The summed E-state index contributed by atoms with van der Waals surface area (Å²) in [5.74, 6) is 2.89. The molecule has 2 aromatic rings. The lowest BCUT2D eigenvalue weighted by Crippen LogP contribution is -2.51. The Morgan fingerprint density at radius 1 is 1.09 bits per heavy atom. The molecule has 0 saturated carbocycles. The Morgan fingerprint density at radius 2 is 1.82 bits per heavy atom. The van der Waals surface area contributed by atoms with Gasteiger partial charge >= 0.3 is 6.09 Å². The van der Waals surface area contributed by atoms with E-state index in [1.807, 2.05) is 18.2 Å². The monoisotopic (exact) mass is 448 g/mol. The first-order valence-corrected chi connectivity index (χ1v) is 11.7. The highest BCUT2D eigenvalue weighted by Gasteiger charge is 2.41. The number of fused-ring (bicyclic) bond motifs is 4. The molecule has 5 nitrogen and oxygen atoms in total. The van der Waals surface area contributed by atoms with Crippen molar-refractivity contribution in [2.24, 2.45) is 5.41 Å². The molecule has 1 amide bonds. The van der Waals surface area contributed by atoms with E-state index in [1.165, 1.54) is 12.1 Å². The number of amides is 1. The number of halogens is 1. The molecule has 2 aromatic carbocycles. The van der Waals surface area contributed by atoms with Crippen molar-refractivity contribution in [3.8, 4) is 18.1 Å². The van der Waals surface area contributed by atoms with E-state index < -0.39 is 0 Å². The van der Waals surface area contributed by atoms with Crippen LogP contribution >= 0.6 is 0 Å². The van der Waals surface area contributed by atoms with Crippen LogP contribution in [-0.4, -0.2) is 55.3 Å². The molecule has 1 atom stereocenters. The predicted molar refractivity (Wildman–Crippen MR) is 123 cm³/mol. The third-order valence-electron chi connectivity index (χ3n) is 7.46. The van der Waals surface area contributed by atoms with Crippen LogP contribution in [-0.2, 0) is 11.2 Å². The van der Waals surface area contributed by atoms with Gasteiger partial charge in [0.25, 0.3) is 0 Å². The smallest absolute Gasteiger partial charge is 0.410 e. The number of piperidine rings is 3. The van der Waals surface area contributed by atoms with Gasteiger partial charge in [0, 0.05) is 12.0 Å². The van der Waals surface area contributed by atoms with E-state index in [-0.39, 0.29) is 30.0 Å². The molecule has 0 unspecified atom stereocenters. The fourth-order valence-electron chi connectivity index (χ4n) is 5.43. The Morgan fingerprint density at radius 3 is 2.52 bits per heavy atom. The maximum atomic E-state index is 13.6. The van der Waals surface area contributed by atoms with Gasteiger partial charge in [0.05, 0.1) is 12.6 Å². The van der Waals surface area contributed by atoms with E-state index in [4.69, 9.17) is 15.9 Å². The summed E-state index contributed by atoms with van der Waals surface area (Å²) in [5, 5.41) is 0. The van der Waals surface area contributed by atoms with Gasteiger partial charge in [-0.25, -0.2) is 9.18 Å². The van der Waals surface area contributed by atoms with Gasteiger partial charge < -0.3 is 14.4 Å². The molecular weight excluding hydrogens is 419 g/mol. The Kier molecular flexibility index (Phi) is 5.99. The van der Waals surface area contributed by atoms with Crippen molar-refractivity contribution < 1.29 is 18.7 Å². The van der Waals surface area contributed by atoms with Crippen molar-refractivity contribution in [1.82, 2.24) is 9.80 Å². The number of hydrogen-bond donors (Lipinski definition) is 0. The van der Waals surface area contributed by atoms with E-state index in [2.05, 4.69) is 10.8 Å². The molecule has 33 heavy (non-hydrogen) atoms. The average molecular weight is 449 g/mol. The van der Waals surface area contributed by atoms with Gasteiger partial charge in [-0.3, -0.25) is 4.90 Å². The Balaban J connectivity index is 1.39. The Hall–Kier alpha value is -3.04. The molecule has 0 radical (unpaired) electrons. The summed E-state index contributed by atoms with van der Waals surface area (Å²) in [5.41, 5.74) is 3.08. The number of hydrogen-bond acceptors (Lipinski definition) is 4.